The van der Waals surface area contributed by atoms with Gasteiger partial charge in [-0.15, -0.1) is 6.58 Å². The molecule has 0 aliphatic rings. The van der Waals surface area contributed by atoms with Gasteiger partial charge in [-0.2, -0.15) is 0 Å². The summed E-state index contributed by atoms with van der Waals surface area (Å²) in [6, 6.07) is 0.998. The first-order valence-corrected chi connectivity index (χ1v) is 4.50. The summed E-state index contributed by atoms with van der Waals surface area (Å²) in [7, 11) is 0. The van der Waals surface area contributed by atoms with Gasteiger partial charge in [0.1, 0.15) is 0 Å². The molecule has 86 valence electrons. The molecule has 0 fully saturated rings. The van der Waals surface area contributed by atoms with Crippen molar-refractivity contribution in [1.29, 1.82) is 0 Å². The highest BCUT2D eigenvalue weighted by molar-refractivity contribution is 5.45. The Labute approximate surface area is 91.2 Å². The maximum atomic E-state index is 13.2. The van der Waals surface area contributed by atoms with Gasteiger partial charge >= 0.3 is 0 Å². The smallest absolute Gasteiger partial charge is 0.272 e. The van der Waals surface area contributed by atoms with Crippen LogP contribution < -0.4 is 5.73 Å². The average molecular weight is 226 g/mol. The highest BCUT2D eigenvalue weighted by atomic mass is 19.1. The fourth-order valence-electron chi connectivity index (χ4n) is 1.30. The number of hydrogen-bond donors (Lipinski definition) is 2. The molecule has 0 amide bonds. The first kappa shape index (κ1) is 12.1. The minimum Gasteiger partial charge on any atom is -0.505 e. The highest BCUT2D eigenvalue weighted by Crippen LogP contribution is 2.31. The molecule has 5 nitrogen and oxygen atoms in total. The molecule has 0 saturated carbocycles. The van der Waals surface area contributed by atoms with Crippen LogP contribution in [0.25, 0.3) is 0 Å². The molecule has 3 N–H and O–H groups in total. The lowest BCUT2D eigenvalue weighted by Gasteiger charge is -2.11. The van der Waals surface area contributed by atoms with Crippen LogP contribution in [-0.2, 0) is 0 Å². The van der Waals surface area contributed by atoms with Gasteiger partial charge in [0, 0.05) is 17.7 Å². The largest absolute Gasteiger partial charge is 0.505 e. The minimum absolute atomic E-state index is 0.00611. The molecular formula is C10H11FN2O3. The van der Waals surface area contributed by atoms with Crippen molar-refractivity contribution < 1.29 is 14.4 Å². The molecule has 0 spiro atoms. The maximum Gasteiger partial charge on any atom is 0.272 e. The molecule has 0 bridgehead atoms. The molecular weight excluding hydrogens is 215 g/mol. The van der Waals surface area contributed by atoms with Crippen LogP contribution in [0, 0.1) is 15.9 Å². The van der Waals surface area contributed by atoms with Crippen molar-refractivity contribution in [2.75, 3.05) is 0 Å². The molecule has 1 rings (SSSR count). The Morgan fingerprint density at radius 2 is 2.31 bits per heavy atom. The second kappa shape index (κ2) is 4.71. The lowest BCUT2D eigenvalue weighted by molar-refractivity contribution is -0.385. The zero-order valence-corrected chi connectivity index (χ0v) is 8.39. The van der Waals surface area contributed by atoms with Crippen molar-refractivity contribution in [3.63, 3.8) is 0 Å². The third kappa shape index (κ3) is 2.34. The molecule has 0 heterocycles. The monoisotopic (exact) mass is 226 g/mol. The topological polar surface area (TPSA) is 89.4 Å². The van der Waals surface area contributed by atoms with E-state index in [0.717, 1.165) is 6.07 Å². The molecule has 0 aliphatic carbocycles. The number of phenolic OH excluding ortho intramolecular Hbond substituents is 1. The van der Waals surface area contributed by atoms with Gasteiger partial charge in [-0.1, -0.05) is 6.08 Å². The summed E-state index contributed by atoms with van der Waals surface area (Å²) in [6.07, 6.45) is 1.77. The summed E-state index contributed by atoms with van der Waals surface area (Å²) in [6.45, 7) is 3.45. The van der Waals surface area contributed by atoms with Crippen LogP contribution in [0.3, 0.4) is 0 Å². The number of nitrogens with zero attached hydrogens (tertiary/aromatic N) is 1. The number of phenols is 1. The molecule has 1 aromatic carbocycles. The third-order valence-corrected chi connectivity index (χ3v) is 2.11. The molecule has 0 saturated heterocycles. The molecule has 1 atom stereocenters. The Kier molecular flexibility index (Phi) is 3.57. The second-order valence-corrected chi connectivity index (χ2v) is 3.25. The lowest BCUT2D eigenvalue weighted by atomic mass is 10.0. The van der Waals surface area contributed by atoms with E-state index < -0.39 is 28.2 Å². The van der Waals surface area contributed by atoms with Gasteiger partial charge in [0.2, 0.25) is 0 Å². The Morgan fingerprint density at radius 3 is 2.81 bits per heavy atom. The summed E-state index contributed by atoms with van der Waals surface area (Å²) < 4.78 is 13.2. The zero-order chi connectivity index (χ0) is 12.3. The van der Waals surface area contributed by atoms with E-state index in [1.54, 1.807) is 0 Å². The highest BCUT2D eigenvalue weighted by Gasteiger charge is 2.19. The summed E-state index contributed by atoms with van der Waals surface area (Å²) >= 11 is 0. The van der Waals surface area contributed by atoms with Crippen LogP contribution >= 0.6 is 0 Å². The van der Waals surface area contributed by atoms with Crippen LogP contribution in [0.15, 0.2) is 24.8 Å². The van der Waals surface area contributed by atoms with Crippen LogP contribution in [0.5, 0.6) is 5.75 Å². The van der Waals surface area contributed by atoms with E-state index in [4.69, 9.17) is 5.73 Å². The van der Waals surface area contributed by atoms with E-state index in [2.05, 4.69) is 6.58 Å². The third-order valence-electron chi connectivity index (χ3n) is 2.11. The van der Waals surface area contributed by atoms with Crippen molar-refractivity contribution in [1.82, 2.24) is 0 Å². The van der Waals surface area contributed by atoms with Gasteiger partial charge in [-0.25, -0.2) is 4.39 Å². The van der Waals surface area contributed by atoms with Crippen molar-refractivity contribution >= 4 is 5.69 Å². The van der Waals surface area contributed by atoms with E-state index in [9.17, 15) is 19.6 Å². The van der Waals surface area contributed by atoms with Gasteiger partial charge in [0.25, 0.3) is 5.69 Å². The summed E-state index contributed by atoms with van der Waals surface area (Å²) in [5.74, 6) is -1.70. The first-order chi connectivity index (χ1) is 7.47. The molecule has 0 radical (unpaired) electrons. The Bertz CT molecular complexity index is 434. The van der Waals surface area contributed by atoms with E-state index >= 15 is 0 Å². The lowest BCUT2D eigenvalue weighted by Crippen LogP contribution is -2.10. The van der Waals surface area contributed by atoms with Crippen LogP contribution in [0.2, 0.25) is 0 Å². The van der Waals surface area contributed by atoms with Crippen LogP contribution in [0.1, 0.15) is 18.0 Å². The number of non-ortho nitro benzene ring substituents is 1. The van der Waals surface area contributed by atoms with Gasteiger partial charge in [0.05, 0.1) is 11.0 Å². The summed E-state index contributed by atoms with van der Waals surface area (Å²) in [5.41, 5.74) is 5.19. The Morgan fingerprint density at radius 1 is 1.69 bits per heavy atom. The van der Waals surface area contributed by atoms with Gasteiger partial charge in [0.15, 0.2) is 11.6 Å². The second-order valence-electron chi connectivity index (χ2n) is 3.25. The van der Waals surface area contributed by atoms with E-state index in [1.807, 2.05) is 0 Å². The van der Waals surface area contributed by atoms with Gasteiger partial charge in [-0.05, 0) is 6.42 Å². The van der Waals surface area contributed by atoms with Crippen molar-refractivity contribution in [3.05, 3.63) is 46.3 Å². The standard InChI is InChI=1S/C10H11FN2O3/c1-2-3-9(12)7-4-6(13(15)16)5-8(11)10(7)14/h2,4-5,9,14H,1,3,12H2/t9-/m1/s1. The fraction of sp³-hybridized carbons (Fsp3) is 0.200. The first-order valence-electron chi connectivity index (χ1n) is 4.50. The van der Waals surface area contributed by atoms with Gasteiger partial charge < -0.3 is 10.8 Å². The number of nitro groups is 1. The quantitative estimate of drug-likeness (QED) is 0.467. The Hall–Kier alpha value is -1.95. The predicted octanol–water partition coefficient (Wildman–Crippen LogP) is 2.02. The number of halogens is 1. The molecule has 0 unspecified atom stereocenters. The van der Waals surface area contributed by atoms with Crippen molar-refractivity contribution in [2.45, 2.75) is 12.5 Å². The number of rotatable bonds is 4. The normalized spacial score (nSPS) is 12.1. The average Bonchev–Trinajstić information content (AvgIpc) is 2.21. The van der Waals surface area contributed by atoms with Crippen molar-refractivity contribution in [2.24, 2.45) is 5.73 Å². The van der Waals surface area contributed by atoms with E-state index in [-0.39, 0.29) is 12.0 Å². The number of nitro benzene ring substituents is 1. The molecule has 16 heavy (non-hydrogen) atoms. The number of hydrogen-bond acceptors (Lipinski definition) is 4. The van der Waals surface area contributed by atoms with E-state index in [1.165, 1.54) is 6.08 Å². The molecule has 0 aliphatic heterocycles. The Balaban J connectivity index is 3.26. The molecule has 6 heteroatoms. The maximum absolute atomic E-state index is 13.2. The van der Waals surface area contributed by atoms with Crippen LogP contribution in [-0.4, -0.2) is 10.0 Å². The minimum atomic E-state index is -1.05. The predicted molar refractivity (Wildman–Crippen MR) is 56.5 cm³/mol. The summed E-state index contributed by atoms with van der Waals surface area (Å²) in [4.78, 5) is 9.75. The SMILES string of the molecule is C=CC[C@@H](N)c1cc([N+](=O)[O-])cc(F)c1O. The summed E-state index contributed by atoms with van der Waals surface area (Å²) in [5, 5.41) is 19.9. The number of benzene rings is 1. The van der Waals surface area contributed by atoms with Crippen molar-refractivity contribution in [3.8, 4) is 5.75 Å². The number of nitrogens with two attached hydrogens (primary N) is 1. The zero-order valence-electron chi connectivity index (χ0n) is 8.39. The molecule has 1 aromatic rings. The number of aromatic hydroxyl groups is 1. The van der Waals surface area contributed by atoms with Gasteiger partial charge in [-0.3, -0.25) is 10.1 Å². The fourth-order valence-corrected chi connectivity index (χ4v) is 1.30. The van der Waals surface area contributed by atoms with E-state index in [0.29, 0.717) is 6.07 Å². The molecule has 0 aromatic heterocycles. The van der Waals surface area contributed by atoms with Crippen LogP contribution in [0.4, 0.5) is 10.1 Å².